The monoisotopic (exact) mass is 369 g/mol. The minimum atomic E-state index is -0.317. The van der Waals surface area contributed by atoms with Gasteiger partial charge in [-0.15, -0.1) is 5.10 Å². The molecule has 1 aromatic carbocycles. The Morgan fingerprint density at radius 2 is 1.93 bits per heavy atom. The number of hydrogen-bond donors (Lipinski definition) is 0. The van der Waals surface area contributed by atoms with Gasteiger partial charge in [0, 0.05) is 19.0 Å². The van der Waals surface area contributed by atoms with Gasteiger partial charge in [-0.2, -0.15) is 0 Å². The number of hydrogen-bond acceptors (Lipinski definition) is 6. The van der Waals surface area contributed by atoms with Crippen LogP contribution in [-0.4, -0.2) is 30.7 Å². The Bertz CT molecular complexity index is 920. The Labute approximate surface area is 156 Å². The predicted octanol–water partition coefficient (Wildman–Crippen LogP) is 3.22. The molecular weight excluding hydrogens is 349 g/mol. The van der Waals surface area contributed by atoms with Crippen molar-refractivity contribution < 1.29 is 13.9 Å². The molecule has 0 bridgehead atoms. The van der Waals surface area contributed by atoms with E-state index in [4.69, 9.17) is 4.74 Å². The fourth-order valence-electron chi connectivity index (χ4n) is 2.52. The van der Waals surface area contributed by atoms with Crippen molar-refractivity contribution in [2.75, 3.05) is 0 Å². The number of halogens is 1. The number of nitrogens with zero attached hydrogens (tertiary/aromatic N) is 5. The molecule has 0 saturated heterocycles. The van der Waals surface area contributed by atoms with Crippen LogP contribution in [0.4, 0.5) is 4.39 Å². The van der Waals surface area contributed by atoms with Crippen molar-refractivity contribution >= 4 is 5.78 Å². The van der Waals surface area contributed by atoms with Crippen molar-refractivity contribution in [1.82, 2.24) is 25.0 Å². The van der Waals surface area contributed by atoms with Gasteiger partial charge in [0.25, 0.3) is 0 Å². The lowest BCUT2D eigenvalue weighted by molar-refractivity contribution is 0.0962. The first-order valence-electron chi connectivity index (χ1n) is 8.56. The van der Waals surface area contributed by atoms with E-state index in [0.717, 1.165) is 5.56 Å². The number of benzene rings is 1. The number of aryl methyl sites for hydroxylation is 1. The summed E-state index contributed by atoms with van der Waals surface area (Å²) in [5, 5.41) is 8.13. The summed E-state index contributed by atoms with van der Waals surface area (Å²) in [4.78, 5) is 20.3. The second-order valence-electron chi connectivity index (χ2n) is 6.56. The van der Waals surface area contributed by atoms with Crippen LogP contribution in [0.1, 0.15) is 36.5 Å². The van der Waals surface area contributed by atoms with Crippen molar-refractivity contribution in [2.24, 2.45) is 13.0 Å². The molecule has 7 nitrogen and oxygen atoms in total. The number of Topliss-reactive ketones (excluding diaryl/α,β-unsaturated/α-hetero) is 1. The Hall–Kier alpha value is -3.16. The van der Waals surface area contributed by atoms with Gasteiger partial charge < -0.3 is 4.74 Å². The number of ketones is 1. The zero-order valence-electron chi connectivity index (χ0n) is 15.4. The minimum Gasteiger partial charge on any atom is -0.470 e. The summed E-state index contributed by atoms with van der Waals surface area (Å²) in [6.45, 7) is 4.11. The van der Waals surface area contributed by atoms with E-state index < -0.39 is 0 Å². The molecule has 0 radical (unpaired) electrons. The molecule has 3 aromatic rings. The van der Waals surface area contributed by atoms with E-state index in [1.54, 1.807) is 23.9 Å². The van der Waals surface area contributed by atoms with Crippen molar-refractivity contribution in [3.05, 3.63) is 53.9 Å². The van der Waals surface area contributed by atoms with Crippen LogP contribution in [0.2, 0.25) is 0 Å². The van der Waals surface area contributed by atoms with E-state index in [0.29, 0.717) is 29.4 Å². The third kappa shape index (κ3) is 4.52. The molecule has 0 aliphatic rings. The van der Waals surface area contributed by atoms with Gasteiger partial charge in [0.2, 0.25) is 5.88 Å². The lowest BCUT2D eigenvalue weighted by Gasteiger charge is -2.08. The summed E-state index contributed by atoms with van der Waals surface area (Å²) < 4.78 is 20.4. The largest absolute Gasteiger partial charge is 0.470 e. The SMILES string of the molecule is CC(C)CC(=O)c1cnc(OCc2c(-c3ccc(F)cc3)nnn2C)cn1. The third-order valence-corrected chi connectivity index (χ3v) is 3.92. The molecule has 0 amide bonds. The van der Waals surface area contributed by atoms with Gasteiger partial charge in [0.1, 0.15) is 29.5 Å². The third-order valence-electron chi connectivity index (χ3n) is 3.92. The molecule has 0 unspecified atom stereocenters. The number of carbonyl (C=O) groups is 1. The summed E-state index contributed by atoms with van der Waals surface area (Å²) in [7, 11) is 1.75. The van der Waals surface area contributed by atoms with Crippen molar-refractivity contribution in [1.29, 1.82) is 0 Å². The van der Waals surface area contributed by atoms with Crippen LogP contribution in [0, 0.1) is 11.7 Å². The second kappa shape index (κ2) is 8.03. The zero-order chi connectivity index (χ0) is 19.4. The van der Waals surface area contributed by atoms with Crippen LogP contribution < -0.4 is 4.74 Å². The molecule has 0 fully saturated rings. The topological polar surface area (TPSA) is 82.8 Å². The summed E-state index contributed by atoms with van der Waals surface area (Å²) in [5.41, 5.74) is 2.38. The Balaban J connectivity index is 1.71. The van der Waals surface area contributed by atoms with Crippen LogP contribution in [0.5, 0.6) is 5.88 Å². The first-order valence-corrected chi connectivity index (χ1v) is 8.56. The van der Waals surface area contributed by atoms with Crippen LogP contribution >= 0.6 is 0 Å². The smallest absolute Gasteiger partial charge is 0.232 e. The molecular formula is C19H20FN5O2. The van der Waals surface area contributed by atoms with Gasteiger partial charge in [0.05, 0.1) is 12.4 Å². The average molecular weight is 369 g/mol. The minimum absolute atomic E-state index is 0.0431. The molecule has 27 heavy (non-hydrogen) atoms. The van der Waals surface area contributed by atoms with Gasteiger partial charge in [-0.3, -0.25) is 4.79 Å². The average Bonchev–Trinajstić information content (AvgIpc) is 3.01. The number of carbonyl (C=O) groups excluding carboxylic acids is 1. The molecule has 2 aromatic heterocycles. The van der Waals surface area contributed by atoms with Crippen LogP contribution in [-0.2, 0) is 13.7 Å². The highest BCUT2D eigenvalue weighted by molar-refractivity contribution is 5.94. The summed E-state index contributed by atoms with van der Waals surface area (Å²) >= 11 is 0. The molecule has 140 valence electrons. The van der Waals surface area contributed by atoms with E-state index >= 15 is 0 Å². The van der Waals surface area contributed by atoms with E-state index in [1.165, 1.54) is 24.5 Å². The van der Waals surface area contributed by atoms with E-state index in [1.807, 2.05) is 13.8 Å². The van der Waals surface area contributed by atoms with E-state index in [9.17, 15) is 9.18 Å². The maximum atomic E-state index is 13.1. The van der Waals surface area contributed by atoms with Crippen LogP contribution in [0.15, 0.2) is 36.7 Å². The highest BCUT2D eigenvalue weighted by atomic mass is 19.1. The molecule has 0 atom stereocenters. The number of aromatic nitrogens is 5. The van der Waals surface area contributed by atoms with Crippen molar-refractivity contribution in [3.63, 3.8) is 0 Å². The Morgan fingerprint density at radius 1 is 1.19 bits per heavy atom. The molecule has 8 heteroatoms. The van der Waals surface area contributed by atoms with Gasteiger partial charge in [0.15, 0.2) is 5.78 Å². The lowest BCUT2D eigenvalue weighted by atomic mass is 10.1. The predicted molar refractivity (Wildman–Crippen MR) is 96.5 cm³/mol. The molecule has 0 aliphatic heterocycles. The lowest BCUT2D eigenvalue weighted by Crippen LogP contribution is -2.08. The fraction of sp³-hybridized carbons (Fsp3) is 0.316. The molecule has 0 aliphatic carbocycles. The molecule has 0 N–H and O–H groups in total. The Kier molecular flexibility index (Phi) is 5.54. The fourth-order valence-corrected chi connectivity index (χ4v) is 2.52. The second-order valence-corrected chi connectivity index (χ2v) is 6.56. The first kappa shape index (κ1) is 18.6. The summed E-state index contributed by atoms with van der Waals surface area (Å²) in [6, 6.07) is 6.01. The van der Waals surface area contributed by atoms with Crippen molar-refractivity contribution in [2.45, 2.75) is 26.9 Å². The first-order chi connectivity index (χ1) is 12.9. The highest BCUT2D eigenvalue weighted by Crippen LogP contribution is 2.22. The summed E-state index contributed by atoms with van der Waals surface area (Å²) in [6.07, 6.45) is 3.27. The highest BCUT2D eigenvalue weighted by Gasteiger charge is 2.15. The van der Waals surface area contributed by atoms with Gasteiger partial charge in [-0.25, -0.2) is 19.0 Å². The van der Waals surface area contributed by atoms with Crippen LogP contribution in [0.3, 0.4) is 0 Å². The zero-order valence-corrected chi connectivity index (χ0v) is 15.4. The normalized spacial score (nSPS) is 11.0. The van der Waals surface area contributed by atoms with Gasteiger partial charge in [-0.05, 0) is 30.2 Å². The van der Waals surface area contributed by atoms with Gasteiger partial charge in [-0.1, -0.05) is 19.1 Å². The molecule has 3 rings (SSSR count). The maximum Gasteiger partial charge on any atom is 0.232 e. The molecule has 0 spiro atoms. The molecule has 0 saturated carbocycles. The number of ether oxygens (including phenoxy) is 1. The van der Waals surface area contributed by atoms with Crippen LogP contribution in [0.25, 0.3) is 11.3 Å². The van der Waals surface area contributed by atoms with Gasteiger partial charge >= 0.3 is 0 Å². The standard InChI is InChI=1S/C19H20FN5O2/c1-12(2)8-17(26)15-9-22-18(10-21-15)27-11-16-19(23-24-25(16)3)13-4-6-14(20)7-5-13/h4-7,9-10,12H,8,11H2,1-3H3. The maximum absolute atomic E-state index is 13.1. The summed E-state index contributed by atoms with van der Waals surface area (Å²) in [5.74, 6) is 0.195. The van der Waals surface area contributed by atoms with E-state index in [-0.39, 0.29) is 24.1 Å². The number of rotatable bonds is 7. The van der Waals surface area contributed by atoms with E-state index in [2.05, 4.69) is 20.3 Å². The molecule has 2 heterocycles. The quantitative estimate of drug-likeness (QED) is 0.595. The van der Waals surface area contributed by atoms with Crippen molar-refractivity contribution in [3.8, 4) is 17.1 Å². The Morgan fingerprint density at radius 3 is 2.56 bits per heavy atom.